The molecular weight excluding hydrogens is 374 g/mol. The molecule has 0 aliphatic carbocycles. The first-order valence-electron chi connectivity index (χ1n) is 8.57. The fraction of sp³-hybridized carbons (Fsp3) is 0. The molecule has 2 N–H and O–H groups in total. The summed E-state index contributed by atoms with van der Waals surface area (Å²) in [5, 5.41) is 0. The number of aromatic nitrogens is 2. The summed E-state index contributed by atoms with van der Waals surface area (Å²) in [5.74, 6) is -2.81. The minimum Gasteiger partial charge on any atom is -0.368 e. The molecule has 9 heteroatoms. The van der Waals surface area contributed by atoms with Crippen molar-refractivity contribution in [1.29, 1.82) is 0 Å². The van der Waals surface area contributed by atoms with Gasteiger partial charge in [0.15, 0.2) is 11.6 Å². The van der Waals surface area contributed by atoms with E-state index < -0.39 is 23.6 Å². The molecule has 0 radical (unpaired) electrons. The van der Waals surface area contributed by atoms with Crippen molar-refractivity contribution in [2.24, 2.45) is 0 Å². The van der Waals surface area contributed by atoms with Crippen LogP contribution in [0.1, 0.15) is 41.4 Å². The predicted molar refractivity (Wildman–Crippen MR) is 102 cm³/mol. The van der Waals surface area contributed by atoms with E-state index in [-0.39, 0.29) is 39.8 Å². The highest BCUT2D eigenvalue weighted by molar-refractivity contribution is 6.35. The molecule has 2 aliphatic heterocycles. The first-order chi connectivity index (χ1) is 14.0. The summed E-state index contributed by atoms with van der Waals surface area (Å²) in [6.45, 7) is 0. The second-order valence-electron chi connectivity index (χ2n) is 6.43. The van der Waals surface area contributed by atoms with Crippen molar-refractivity contribution >= 4 is 41.2 Å². The van der Waals surface area contributed by atoms with Crippen molar-refractivity contribution in [3.8, 4) is 0 Å². The zero-order chi connectivity index (χ0) is 20.3. The minimum atomic E-state index is -0.572. The lowest BCUT2D eigenvalue weighted by atomic mass is 10.1. The Morgan fingerprint density at radius 1 is 0.586 bits per heavy atom. The van der Waals surface area contributed by atoms with Crippen LogP contribution in [0.2, 0.25) is 0 Å². The molecule has 0 unspecified atom stereocenters. The van der Waals surface area contributed by atoms with E-state index in [2.05, 4.69) is 9.97 Å². The lowest BCUT2D eigenvalue weighted by Crippen LogP contribution is -2.33. The average Bonchev–Trinajstić information content (AvgIpc) is 3.13. The Kier molecular flexibility index (Phi) is 3.35. The van der Waals surface area contributed by atoms with Crippen LogP contribution in [-0.2, 0) is 0 Å². The molecule has 5 rings (SSSR count). The van der Waals surface area contributed by atoms with Gasteiger partial charge < -0.3 is 5.73 Å². The van der Waals surface area contributed by atoms with E-state index in [0.717, 1.165) is 9.80 Å². The normalized spacial score (nSPS) is 15.2. The maximum Gasteiger partial charge on any atom is 0.267 e. The molecule has 1 aromatic heterocycles. The van der Waals surface area contributed by atoms with Gasteiger partial charge >= 0.3 is 0 Å². The summed E-state index contributed by atoms with van der Waals surface area (Å²) >= 11 is 0. The van der Waals surface area contributed by atoms with E-state index in [9.17, 15) is 19.2 Å². The molecule has 3 aromatic rings. The molecule has 4 amide bonds. The van der Waals surface area contributed by atoms with Crippen molar-refractivity contribution in [3.63, 3.8) is 0 Å². The van der Waals surface area contributed by atoms with Crippen LogP contribution < -0.4 is 15.5 Å². The summed E-state index contributed by atoms with van der Waals surface area (Å²) in [6, 6.07) is 13.9. The number of carbonyl (C=O) groups excluding carboxylic acids is 4. The van der Waals surface area contributed by atoms with Crippen molar-refractivity contribution in [2.75, 3.05) is 15.5 Å². The van der Waals surface area contributed by atoms with E-state index in [1.165, 1.54) is 30.3 Å². The molecule has 0 saturated heterocycles. The van der Waals surface area contributed by atoms with Crippen LogP contribution in [0.25, 0.3) is 0 Å². The third-order valence-electron chi connectivity index (χ3n) is 4.76. The average molecular weight is 385 g/mol. The maximum atomic E-state index is 12.7. The van der Waals surface area contributed by atoms with Crippen LogP contribution in [0.15, 0.2) is 54.6 Å². The smallest absolute Gasteiger partial charge is 0.267 e. The van der Waals surface area contributed by atoms with Gasteiger partial charge in [0.05, 0.1) is 22.3 Å². The van der Waals surface area contributed by atoms with Gasteiger partial charge in [0.25, 0.3) is 23.6 Å². The zero-order valence-corrected chi connectivity index (χ0v) is 14.7. The van der Waals surface area contributed by atoms with Crippen LogP contribution in [0.4, 0.5) is 17.6 Å². The number of anilines is 3. The SMILES string of the molecule is Nc1nc(N2C(=O)c3ccccc3C2=O)cc(N2C(=O)c3ccccc3C2=O)n1. The summed E-state index contributed by atoms with van der Waals surface area (Å²) in [5.41, 5.74) is 6.70. The van der Waals surface area contributed by atoms with E-state index >= 15 is 0 Å². The van der Waals surface area contributed by atoms with Crippen molar-refractivity contribution < 1.29 is 19.2 Å². The van der Waals surface area contributed by atoms with Gasteiger partial charge in [-0.25, -0.2) is 9.80 Å². The Morgan fingerprint density at radius 3 is 1.21 bits per heavy atom. The quantitative estimate of drug-likeness (QED) is 0.665. The summed E-state index contributed by atoms with van der Waals surface area (Å²) < 4.78 is 0. The highest BCUT2D eigenvalue weighted by atomic mass is 16.2. The first kappa shape index (κ1) is 16.8. The molecule has 0 spiro atoms. The standard InChI is InChI=1S/C20H11N5O4/c21-20-22-14(24-16(26)10-5-1-2-6-11(10)17(24)27)9-15(23-20)25-18(28)12-7-3-4-8-13(12)19(25)29/h1-9H,(H2,21,22,23). The third-order valence-corrected chi connectivity index (χ3v) is 4.76. The zero-order valence-electron chi connectivity index (χ0n) is 14.7. The number of nitrogens with zero attached hydrogens (tertiary/aromatic N) is 4. The molecule has 2 aliphatic rings. The molecule has 140 valence electrons. The molecule has 0 fully saturated rings. The Hall–Kier alpha value is -4.40. The molecule has 9 nitrogen and oxygen atoms in total. The molecule has 0 atom stereocenters. The van der Waals surface area contributed by atoms with Crippen LogP contribution in [0, 0.1) is 0 Å². The topological polar surface area (TPSA) is 127 Å². The van der Waals surface area contributed by atoms with Gasteiger partial charge in [-0.3, -0.25) is 19.2 Å². The lowest BCUT2D eigenvalue weighted by molar-refractivity contribution is 0.0911. The number of imide groups is 2. The number of hydrogen-bond donors (Lipinski definition) is 1. The van der Waals surface area contributed by atoms with Gasteiger partial charge in [-0.1, -0.05) is 24.3 Å². The Balaban J connectivity index is 1.60. The fourth-order valence-corrected chi connectivity index (χ4v) is 3.46. The molecular formula is C20H11N5O4. The van der Waals surface area contributed by atoms with Crippen LogP contribution in [0.3, 0.4) is 0 Å². The van der Waals surface area contributed by atoms with E-state index in [4.69, 9.17) is 5.73 Å². The van der Waals surface area contributed by atoms with Crippen LogP contribution >= 0.6 is 0 Å². The van der Waals surface area contributed by atoms with Gasteiger partial charge in [-0.05, 0) is 24.3 Å². The number of amides is 4. The molecule has 0 saturated carbocycles. The van der Waals surface area contributed by atoms with E-state index in [1.807, 2.05) is 0 Å². The van der Waals surface area contributed by atoms with Crippen molar-refractivity contribution in [1.82, 2.24) is 9.97 Å². The number of carbonyl (C=O) groups is 4. The summed E-state index contributed by atoms with van der Waals surface area (Å²) in [7, 11) is 0. The number of benzene rings is 2. The second-order valence-corrected chi connectivity index (χ2v) is 6.43. The minimum absolute atomic E-state index is 0.116. The monoisotopic (exact) mass is 385 g/mol. The van der Waals surface area contributed by atoms with Crippen molar-refractivity contribution in [3.05, 3.63) is 76.9 Å². The van der Waals surface area contributed by atoms with Crippen LogP contribution in [-0.4, -0.2) is 33.6 Å². The number of fused-ring (bicyclic) bond motifs is 2. The number of hydrogen-bond acceptors (Lipinski definition) is 7. The summed E-state index contributed by atoms with van der Waals surface area (Å²) in [4.78, 5) is 60.5. The second kappa shape index (κ2) is 5.80. The molecule has 3 heterocycles. The molecule has 0 bridgehead atoms. The molecule has 2 aromatic carbocycles. The van der Waals surface area contributed by atoms with Gasteiger partial charge in [0.2, 0.25) is 5.95 Å². The van der Waals surface area contributed by atoms with Gasteiger partial charge in [-0.2, -0.15) is 9.97 Å². The number of nitrogen functional groups attached to an aromatic ring is 1. The third kappa shape index (κ3) is 2.27. The summed E-state index contributed by atoms with van der Waals surface area (Å²) in [6.07, 6.45) is 0. The Labute approximate surface area is 163 Å². The lowest BCUT2D eigenvalue weighted by Gasteiger charge is -2.17. The first-order valence-corrected chi connectivity index (χ1v) is 8.57. The van der Waals surface area contributed by atoms with E-state index in [0.29, 0.717) is 0 Å². The maximum absolute atomic E-state index is 12.7. The predicted octanol–water partition coefficient (Wildman–Crippen LogP) is 1.66. The Morgan fingerprint density at radius 2 is 0.897 bits per heavy atom. The fourth-order valence-electron chi connectivity index (χ4n) is 3.46. The van der Waals surface area contributed by atoms with Crippen molar-refractivity contribution in [2.45, 2.75) is 0 Å². The largest absolute Gasteiger partial charge is 0.368 e. The molecule has 29 heavy (non-hydrogen) atoms. The Bertz CT molecular complexity index is 1110. The van der Waals surface area contributed by atoms with Crippen LogP contribution in [0.5, 0.6) is 0 Å². The van der Waals surface area contributed by atoms with Gasteiger partial charge in [0.1, 0.15) is 0 Å². The van der Waals surface area contributed by atoms with E-state index in [1.54, 1.807) is 24.3 Å². The van der Waals surface area contributed by atoms with Gasteiger partial charge in [-0.15, -0.1) is 0 Å². The van der Waals surface area contributed by atoms with Gasteiger partial charge in [0, 0.05) is 6.07 Å². The highest BCUT2D eigenvalue weighted by Gasteiger charge is 2.40. The highest BCUT2D eigenvalue weighted by Crippen LogP contribution is 2.32. The number of rotatable bonds is 2. The number of nitrogens with two attached hydrogens (primary N) is 1.